The number of nitrogens with one attached hydrogen (secondary N) is 1. The van der Waals surface area contributed by atoms with Crippen molar-refractivity contribution in [3.05, 3.63) is 107 Å². The third-order valence-corrected chi connectivity index (χ3v) is 5.99. The molecule has 2 heterocycles. The second-order valence-electron chi connectivity index (χ2n) is 9.17. The van der Waals surface area contributed by atoms with Gasteiger partial charge in [-0.2, -0.15) is 0 Å². The number of carbonyl (C=O) groups is 2. The first-order valence-electron chi connectivity index (χ1n) is 11.9. The molecule has 1 atom stereocenters. The van der Waals surface area contributed by atoms with Crippen LogP contribution in [0.5, 0.6) is 0 Å². The van der Waals surface area contributed by atoms with Gasteiger partial charge in [0.25, 0.3) is 5.91 Å². The fraction of sp³-hybridized carbons (Fsp3) is 0.214. The molecule has 0 saturated heterocycles. The summed E-state index contributed by atoms with van der Waals surface area (Å²) in [5.41, 5.74) is 6.61. The standard InChI is InChI=1S/C28H26F3N5O2/c1-16(2)28-34-8-9-36(28)15-25(37)35-24(12-17-10-19(29)14-20(30)11-17)26-21(4-3-7-33-26)18-5-6-23(31)22(13-18)27(32)38/h3-11,13-14,16,24H,12,15H2,1-2H3,(H2,32,38)(H,35,37)/t24-/m0/s1. The SMILES string of the molecule is CC(C)c1nccn1CC(=O)N[C@@H](Cc1cc(F)cc(F)c1)c1ncccc1-c1ccc(F)c(C(N)=O)c1. The Hall–Kier alpha value is -4.47. The van der Waals surface area contributed by atoms with Crippen LogP contribution in [0.15, 0.2) is 67.1 Å². The highest BCUT2D eigenvalue weighted by atomic mass is 19.1. The van der Waals surface area contributed by atoms with E-state index in [1.54, 1.807) is 29.1 Å². The highest BCUT2D eigenvalue weighted by molar-refractivity contribution is 5.94. The quantitative estimate of drug-likeness (QED) is 0.334. The number of imidazole rings is 1. The number of halogens is 3. The lowest BCUT2D eigenvalue weighted by Gasteiger charge is -2.22. The van der Waals surface area contributed by atoms with Gasteiger partial charge in [0.2, 0.25) is 5.91 Å². The summed E-state index contributed by atoms with van der Waals surface area (Å²) < 4.78 is 43.8. The maximum atomic E-state index is 14.1. The molecule has 0 aliphatic rings. The van der Waals surface area contributed by atoms with Gasteiger partial charge in [0, 0.05) is 36.1 Å². The Bertz CT molecular complexity index is 1460. The minimum atomic E-state index is -0.934. The van der Waals surface area contributed by atoms with Gasteiger partial charge in [-0.1, -0.05) is 26.0 Å². The zero-order valence-corrected chi connectivity index (χ0v) is 20.8. The van der Waals surface area contributed by atoms with E-state index < -0.39 is 29.4 Å². The van der Waals surface area contributed by atoms with Crippen LogP contribution in [0.25, 0.3) is 11.1 Å². The molecule has 0 fully saturated rings. The third kappa shape index (κ3) is 6.08. The van der Waals surface area contributed by atoms with Gasteiger partial charge in [0.1, 0.15) is 29.8 Å². The van der Waals surface area contributed by atoms with Crippen LogP contribution in [0.4, 0.5) is 13.2 Å². The predicted molar refractivity (Wildman–Crippen MR) is 135 cm³/mol. The fourth-order valence-electron chi connectivity index (χ4n) is 4.35. The summed E-state index contributed by atoms with van der Waals surface area (Å²) in [6, 6.07) is 9.52. The summed E-state index contributed by atoms with van der Waals surface area (Å²) in [4.78, 5) is 33.7. The van der Waals surface area contributed by atoms with E-state index in [0.29, 0.717) is 22.4 Å². The molecule has 0 aliphatic carbocycles. The first-order valence-corrected chi connectivity index (χ1v) is 11.9. The molecule has 3 N–H and O–H groups in total. The monoisotopic (exact) mass is 521 g/mol. The number of rotatable bonds is 9. The molecule has 0 aliphatic heterocycles. The zero-order chi connectivity index (χ0) is 27.4. The Kier molecular flexibility index (Phi) is 7.90. The topological polar surface area (TPSA) is 103 Å². The second kappa shape index (κ2) is 11.3. The van der Waals surface area contributed by atoms with E-state index in [-0.39, 0.29) is 30.4 Å². The Balaban J connectivity index is 1.74. The summed E-state index contributed by atoms with van der Waals surface area (Å²) >= 11 is 0. The van der Waals surface area contributed by atoms with E-state index in [1.165, 1.54) is 30.5 Å². The maximum Gasteiger partial charge on any atom is 0.251 e. The van der Waals surface area contributed by atoms with Crippen molar-refractivity contribution < 1.29 is 22.8 Å². The van der Waals surface area contributed by atoms with Crippen LogP contribution in [-0.4, -0.2) is 26.3 Å². The Labute approximate surface area is 217 Å². The summed E-state index contributed by atoms with van der Waals surface area (Å²) in [6.45, 7) is 3.88. The average Bonchev–Trinajstić information content (AvgIpc) is 3.31. The number of benzene rings is 2. The molecule has 4 aromatic rings. The minimum absolute atomic E-state index is 0.00920. The molecule has 2 aromatic heterocycles. The van der Waals surface area contributed by atoms with Crippen molar-refractivity contribution >= 4 is 11.8 Å². The number of carbonyl (C=O) groups excluding carboxylic acids is 2. The number of aromatic nitrogens is 3. The van der Waals surface area contributed by atoms with Crippen LogP contribution < -0.4 is 11.1 Å². The first kappa shape index (κ1) is 26.6. The van der Waals surface area contributed by atoms with Gasteiger partial charge < -0.3 is 15.6 Å². The van der Waals surface area contributed by atoms with Crippen molar-refractivity contribution in [2.45, 2.75) is 38.8 Å². The molecule has 2 aromatic carbocycles. The van der Waals surface area contributed by atoms with Crippen molar-refractivity contribution in [2.24, 2.45) is 5.73 Å². The minimum Gasteiger partial charge on any atom is -0.366 e. The molecule has 0 saturated carbocycles. The Morgan fingerprint density at radius 1 is 1.00 bits per heavy atom. The van der Waals surface area contributed by atoms with E-state index in [2.05, 4.69) is 15.3 Å². The number of pyridine rings is 1. The molecule has 0 radical (unpaired) electrons. The number of nitrogens with zero attached hydrogens (tertiary/aromatic N) is 3. The first-order chi connectivity index (χ1) is 18.1. The van der Waals surface area contributed by atoms with E-state index in [1.807, 2.05) is 13.8 Å². The Morgan fingerprint density at radius 2 is 1.74 bits per heavy atom. The highest BCUT2D eigenvalue weighted by Crippen LogP contribution is 2.30. The van der Waals surface area contributed by atoms with E-state index >= 15 is 0 Å². The molecule has 38 heavy (non-hydrogen) atoms. The molecular formula is C28H26F3N5O2. The van der Waals surface area contributed by atoms with E-state index in [0.717, 1.165) is 18.0 Å². The largest absolute Gasteiger partial charge is 0.366 e. The van der Waals surface area contributed by atoms with Crippen molar-refractivity contribution in [3.63, 3.8) is 0 Å². The van der Waals surface area contributed by atoms with Crippen LogP contribution in [0.2, 0.25) is 0 Å². The lowest BCUT2D eigenvalue weighted by atomic mass is 9.94. The van der Waals surface area contributed by atoms with Gasteiger partial charge in [-0.25, -0.2) is 18.2 Å². The van der Waals surface area contributed by atoms with Crippen LogP contribution in [0.1, 0.15) is 53.2 Å². The average molecular weight is 522 g/mol. The molecule has 0 spiro atoms. The van der Waals surface area contributed by atoms with Crippen LogP contribution in [0.3, 0.4) is 0 Å². The van der Waals surface area contributed by atoms with Crippen LogP contribution in [0, 0.1) is 17.5 Å². The second-order valence-corrected chi connectivity index (χ2v) is 9.17. The van der Waals surface area contributed by atoms with Crippen molar-refractivity contribution in [1.29, 1.82) is 0 Å². The highest BCUT2D eigenvalue weighted by Gasteiger charge is 2.23. The van der Waals surface area contributed by atoms with Crippen LogP contribution >= 0.6 is 0 Å². The molecule has 7 nitrogen and oxygen atoms in total. The summed E-state index contributed by atoms with van der Waals surface area (Å²) in [5.74, 6) is -2.77. The summed E-state index contributed by atoms with van der Waals surface area (Å²) in [7, 11) is 0. The number of nitrogens with two attached hydrogens (primary N) is 1. The number of hydrogen-bond acceptors (Lipinski definition) is 4. The summed E-state index contributed by atoms with van der Waals surface area (Å²) in [5, 5.41) is 2.92. The maximum absolute atomic E-state index is 14.1. The number of primary amides is 1. The van der Waals surface area contributed by atoms with Crippen molar-refractivity contribution in [1.82, 2.24) is 19.9 Å². The smallest absolute Gasteiger partial charge is 0.251 e. The zero-order valence-electron chi connectivity index (χ0n) is 20.8. The third-order valence-electron chi connectivity index (χ3n) is 5.99. The number of hydrogen-bond donors (Lipinski definition) is 2. The molecular weight excluding hydrogens is 495 g/mol. The number of amides is 2. The molecule has 0 unspecified atom stereocenters. The van der Waals surface area contributed by atoms with E-state index in [9.17, 15) is 22.8 Å². The van der Waals surface area contributed by atoms with Crippen LogP contribution in [-0.2, 0) is 17.8 Å². The fourth-order valence-corrected chi connectivity index (χ4v) is 4.35. The lowest BCUT2D eigenvalue weighted by molar-refractivity contribution is -0.122. The predicted octanol–water partition coefficient (Wildman–Crippen LogP) is 4.68. The molecule has 4 rings (SSSR count). The Morgan fingerprint density at radius 3 is 2.42 bits per heavy atom. The van der Waals surface area contributed by atoms with Gasteiger partial charge in [0.05, 0.1) is 17.3 Å². The van der Waals surface area contributed by atoms with Crippen molar-refractivity contribution in [3.8, 4) is 11.1 Å². The lowest BCUT2D eigenvalue weighted by Crippen LogP contribution is -2.34. The van der Waals surface area contributed by atoms with E-state index in [4.69, 9.17) is 5.73 Å². The molecule has 0 bridgehead atoms. The van der Waals surface area contributed by atoms with Gasteiger partial charge in [0.15, 0.2) is 0 Å². The summed E-state index contributed by atoms with van der Waals surface area (Å²) in [6.07, 6.45) is 4.82. The molecule has 196 valence electrons. The van der Waals surface area contributed by atoms with Crippen molar-refractivity contribution in [2.75, 3.05) is 0 Å². The van der Waals surface area contributed by atoms with Gasteiger partial charge >= 0.3 is 0 Å². The molecule has 2 amide bonds. The molecule has 10 heteroatoms. The van der Waals surface area contributed by atoms with Gasteiger partial charge in [-0.15, -0.1) is 0 Å². The normalized spacial score (nSPS) is 11.9. The van der Waals surface area contributed by atoms with Gasteiger partial charge in [-0.3, -0.25) is 14.6 Å². The van der Waals surface area contributed by atoms with Gasteiger partial charge in [-0.05, 0) is 47.9 Å².